The minimum absolute atomic E-state index is 0.283. The van der Waals surface area contributed by atoms with Crippen LogP contribution in [0.3, 0.4) is 0 Å². The summed E-state index contributed by atoms with van der Waals surface area (Å²) in [7, 11) is 0. The number of carbonyl (C=O) groups is 1. The zero-order valence-corrected chi connectivity index (χ0v) is 11.5. The summed E-state index contributed by atoms with van der Waals surface area (Å²) in [5, 5.41) is 2.77. The molecule has 2 N–H and O–H groups in total. The average molecular weight is 282 g/mol. The Morgan fingerprint density at radius 3 is 2.86 bits per heavy atom. The van der Waals surface area contributed by atoms with Crippen LogP contribution in [-0.4, -0.2) is 20.9 Å². The molecular weight excluding hydrogens is 268 g/mol. The molecular formula is C15H14N4O2. The monoisotopic (exact) mass is 282 g/mol. The quantitative estimate of drug-likeness (QED) is 0.769. The minimum atomic E-state index is -0.290. The van der Waals surface area contributed by atoms with Crippen LogP contribution in [0.5, 0.6) is 0 Å². The number of benzene rings is 1. The predicted molar refractivity (Wildman–Crippen MR) is 76.4 cm³/mol. The number of hydrogen-bond acceptors (Lipinski definition) is 4. The lowest BCUT2D eigenvalue weighted by Crippen LogP contribution is -2.24. The van der Waals surface area contributed by atoms with E-state index in [-0.39, 0.29) is 11.6 Å². The lowest BCUT2D eigenvalue weighted by atomic mass is 10.1. The fraction of sp³-hybridized carbons (Fsp3) is 0.133. The van der Waals surface area contributed by atoms with Gasteiger partial charge in [-0.2, -0.15) is 0 Å². The Bertz CT molecular complexity index is 732. The molecule has 3 rings (SSSR count). The Hall–Kier alpha value is -2.89. The van der Waals surface area contributed by atoms with Crippen molar-refractivity contribution in [2.75, 3.05) is 0 Å². The number of oxazole rings is 1. The Kier molecular flexibility index (Phi) is 3.51. The number of nitrogens with zero attached hydrogens (tertiary/aromatic N) is 2. The molecule has 0 atom stereocenters. The van der Waals surface area contributed by atoms with Gasteiger partial charge in [-0.1, -0.05) is 30.3 Å². The second-order valence-corrected chi connectivity index (χ2v) is 4.50. The van der Waals surface area contributed by atoms with Gasteiger partial charge < -0.3 is 14.7 Å². The highest BCUT2D eigenvalue weighted by Gasteiger charge is 2.19. The minimum Gasteiger partial charge on any atom is -0.440 e. The van der Waals surface area contributed by atoms with E-state index < -0.39 is 0 Å². The van der Waals surface area contributed by atoms with Crippen molar-refractivity contribution in [3.05, 3.63) is 60.1 Å². The number of amides is 1. The number of aromatic nitrogens is 3. The summed E-state index contributed by atoms with van der Waals surface area (Å²) < 4.78 is 5.56. The maximum absolute atomic E-state index is 12.3. The van der Waals surface area contributed by atoms with E-state index in [9.17, 15) is 4.79 Å². The molecule has 0 saturated carbocycles. The van der Waals surface area contributed by atoms with Gasteiger partial charge in [0.1, 0.15) is 5.82 Å². The molecule has 3 aromatic rings. The molecule has 1 amide bonds. The largest absolute Gasteiger partial charge is 0.440 e. The van der Waals surface area contributed by atoms with Gasteiger partial charge >= 0.3 is 0 Å². The summed E-state index contributed by atoms with van der Waals surface area (Å²) >= 11 is 0. The highest BCUT2D eigenvalue weighted by atomic mass is 16.4. The zero-order chi connectivity index (χ0) is 14.7. The molecule has 2 heterocycles. The van der Waals surface area contributed by atoms with E-state index in [0.717, 1.165) is 5.56 Å². The molecule has 0 unspecified atom stereocenters. The highest BCUT2D eigenvalue weighted by Crippen LogP contribution is 2.24. The van der Waals surface area contributed by atoms with Crippen LogP contribution >= 0.6 is 0 Å². The molecule has 0 bridgehead atoms. The fourth-order valence-corrected chi connectivity index (χ4v) is 2.01. The number of hydrogen-bond donors (Lipinski definition) is 2. The molecule has 0 aliphatic rings. The molecule has 0 spiro atoms. The van der Waals surface area contributed by atoms with E-state index in [1.54, 1.807) is 19.3 Å². The molecule has 0 fully saturated rings. The second kappa shape index (κ2) is 5.62. The molecule has 6 heteroatoms. The summed E-state index contributed by atoms with van der Waals surface area (Å²) in [6, 6.07) is 9.44. The number of nitrogens with one attached hydrogen (secondary N) is 2. The number of rotatable bonds is 4. The van der Waals surface area contributed by atoms with E-state index in [4.69, 9.17) is 4.42 Å². The van der Waals surface area contributed by atoms with E-state index in [1.165, 1.54) is 0 Å². The van der Waals surface area contributed by atoms with Gasteiger partial charge in [-0.3, -0.25) is 4.79 Å². The van der Waals surface area contributed by atoms with Crippen LogP contribution in [0.15, 0.2) is 47.1 Å². The third kappa shape index (κ3) is 2.84. The van der Waals surface area contributed by atoms with Crippen LogP contribution in [0.4, 0.5) is 0 Å². The number of H-pyrrole nitrogens is 1. The molecule has 1 aromatic carbocycles. The number of imidazole rings is 1. The van der Waals surface area contributed by atoms with Crippen LogP contribution in [0, 0.1) is 6.92 Å². The van der Waals surface area contributed by atoms with Crippen LogP contribution in [0.1, 0.15) is 22.2 Å². The van der Waals surface area contributed by atoms with Crippen molar-refractivity contribution in [1.82, 2.24) is 20.3 Å². The summed E-state index contributed by atoms with van der Waals surface area (Å²) in [5.74, 6) is 1.33. The molecule has 106 valence electrons. The van der Waals surface area contributed by atoms with Crippen molar-refractivity contribution in [2.24, 2.45) is 0 Å². The normalized spacial score (nSPS) is 10.5. The summed E-state index contributed by atoms with van der Waals surface area (Å²) in [6.07, 6.45) is 3.34. The van der Waals surface area contributed by atoms with E-state index in [2.05, 4.69) is 20.3 Å². The Labute approximate surface area is 121 Å². The lowest BCUT2D eigenvalue weighted by molar-refractivity contribution is 0.0945. The van der Waals surface area contributed by atoms with Crippen LogP contribution < -0.4 is 5.32 Å². The van der Waals surface area contributed by atoms with Crippen molar-refractivity contribution >= 4 is 5.91 Å². The van der Waals surface area contributed by atoms with Gasteiger partial charge in [0, 0.05) is 24.9 Å². The van der Waals surface area contributed by atoms with Gasteiger partial charge in [-0.05, 0) is 0 Å². The SMILES string of the molecule is Cc1nc(C(=O)NCc2ncc[nH]2)c(-c2ccccc2)o1. The lowest BCUT2D eigenvalue weighted by Gasteiger charge is -2.02. The highest BCUT2D eigenvalue weighted by molar-refractivity contribution is 5.97. The Balaban J connectivity index is 1.83. The smallest absolute Gasteiger partial charge is 0.274 e. The molecule has 2 aromatic heterocycles. The van der Waals surface area contributed by atoms with Gasteiger partial charge in [-0.25, -0.2) is 9.97 Å². The summed E-state index contributed by atoms with van der Waals surface area (Å²) in [5.41, 5.74) is 1.10. The number of carbonyl (C=O) groups excluding carboxylic acids is 1. The first-order valence-corrected chi connectivity index (χ1v) is 6.53. The zero-order valence-electron chi connectivity index (χ0n) is 11.5. The second-order valence-electron chi connectivity index (χ2n) is 4.50. The van der Waals surface area contributed by atoms with Crippen molar-refractivity contribution in [3.8, 4) is 11.3 Å². The van der Waals surface area contributed by atoms with E-state index in [0.29, 0.717) is 24.0 Å². The van der Waals surface area contributed by atoms with Crippen molar-refractivity contribution in [3.63, 3.8) is 0 Å². The van der Waals surface area contributed by atoms with Gasteiger partial charge in [0.15, 0.2) is 17.3 Å². The summed E-state index contributed by atoms with van der Waals surface area (Å²) in [4.78, 5) is 23.4. The molecule has 21 heavy (non-hydrogen) atoms. The Morgan fingerprint density at radius 2 is 2.14 bits per heavy atom. The van der Waals surface area contributed by atoms with Crippen LogP contribution in [0.2, 0.25) is 0 Å². The van der Waals surface area contributed by atoms with E-state index >= 15 is 0 Å². The first-order chi connectivity index (χ1) is 10.2. The fourth-order valence-electron chi connectivity index (χ4n) is 2.01. The summed E-state index contributed by atoms with van der Waals surface area (Å²) in [6.45, 7) is 2.03. The number of aryl methyl sites for hydroxylation is 1. The topological polar surface area (TPSA) is 83.8 Å². The first kappa shape index (κ1) is 13.1. The van der Waals surface area contributed by atoms with Gasteiger partial charge in [-0.15, -0.1) is 0 Å². The predicted octanol–water partition coefficient (Wildman–Crippen LogP) is 2.30. The first-order valence-electron chi connectivity index (χ1n) is 6.53. The molecule has 0 aliphatic carbocycles. The molecule has 0 aliphatic heterocycles. The van der Waals surface area contributed by atoms with Crippen molar-refractivity contribution < 1.29 is 9.21 Å². The van der Waals surface area contributed by atoms with Crippen molar-refractivity contribution in [2.45, 2.75) is 13.5 Å². The maximum atomic E-state index is 12.3. The van der Waals surface area contributed by atoms with Gasteiger partial charge in [0.2, 0.25) is 0 Å². The molecule has 0 saturated heterocycles. The molecule has 6 nitrogen and oxygen atoms in total. The Morgan fingerprint density at radius 1 is 1.33 bits per heavy atom. The number of aromatic amines is 1. The third-order valence-electron chi connectivity index (χ3n) is 2.96. The van der Waals surface area contributed by atoms with E-state index in [1.807, 2.05) is 30.3 Å². The van der Waals surface area contributed by atoms with Crippen molar-refractivity contribution in [1.29, 1.82) is 0 Å². The standard InChI is InChI=1S/C15H14N4O2/c1-10-19-13(14(21-10)11-5-3-2-4-6-11)15(20)18-9-12-16-7-8-17-12/h2-8H,9H2,1H3,(H,16,17)(H,18,20). The van der Waals surface area contributed by atoms with Gasteiger partial charge in [0.25, 0.3) is 5.91 Å². The van der Waals surface area contributed by atoms with Gasteiger partial charge in [0.05, 0.1) is 6.54 Å². The van der Waals surface area contributed by atoms with Crippen LogP contribution in [0.25, 0.3) is 11.3 Å². The molecule has 0 radical (unpaired) electrons. The third-order valence-corrected chi connectivity index (χ3v) is 2.96. The average Bonchev–Trinajstić information content (AvgIpc) is 3.15. The maximum Gasteiger partial charge on any atom is 0.274 e. The van der Waals surface area contributed by atoms with Crippen LogP contribution in [-0.2, 0) is 6.54 Å².